The van der Waals surface area contributed by atoms with E-state index in [0.29, 0.717) is 12.6 Å². The van der Waals surface area contributed by atoms with Crippen molar-refractivity contribution < 1.29 is 14.3 Å². The molecule has 1 N–H and O–H groups in total. The first kappa shape index (κ1) is 15.3. The lowest BCUT2D eigenvalue weighted by atomic mass is 9.95. The van der Waals surface area contributed by atoms with Crippen LogP contribution in [0.3, 0.4) is 0 Å². The van der Waals surface area contributed by atoms with Gasteiger partial charge in [-0.15, -0.1) is 0 Å². The van der Waals surface area contributed by atoms with E-state index in [4.69, 9.17) is 4.74 Å². The second-order valence-electron chi connectivity index (χ2n) is 5.44. The molecule has 0 aromatic heterocycles. The molecule has 0 bridgehead atoms. The summed E-state index contributed by atoms with van der Waals surface area (Å²) in [6.07, 6.45) is 4.40. The Bertz CT molecular complexity index is 327. The summed E-state index contributed by atoms with van der Waals surface area (Å²) in [5.74, 6) is 0. The smallest absolute Gasteiger partial charge is 0.406 e. The number of ether oxygens (including phenoxy) is 2. The molecule has 6 heteroatoms. The van der Waals surface area contributed by atoms with Crippen molar-refractivity contribution in [3.63, 3.8) is 0 Å². The third-order valence-corrected chi connectivity index (χ3v) is 4.64. The highest BCUT2D eigenvalue weighted by atomic mass is 127. The molecule has 0 aromatic rings. The van der Waals surface area contributed by atoms with Gasteiger partial charge in [-0.1, -0.05) is 22.6 Å². The molecule has 0 aliphatic carbocycles. The van der Waals surface area contributed by atoms with E-state index < -0.39 is 0 Å². The van der Waals surface area contributed by atoms with Crippen LogP contribution in [-0.4, -0.2) is 53.5 Å². The van der Waals surface area contributed by atoms with Gasteiger partial charge in [-0.05, 0) is 39.2 Å². The SMILES string of the molecule is COC(=O)NC[C@H]1CC[C@@]2(CO[C@H](C)I)CCCN12. The molecule has 0 saturated carbocycles. The number of halogens is 1. The number of carbonyl (C=O) groups excluding carboxylic acids is 1. The molecule has 3 atom stereocenters. The molecule has 19 heavy (non-hydrogen) atoms. The molecule has 0 unspecified atom stereocenters. The van der Waals surface area contributed by atoms with Crippen LogP contribution >= 0.6 is 22.6 Å². The summed E-state index contributed by atoms with van der Waals surface area (Å²) in [6, 6.07) is 0.426. The highest BCUT2D eigenvalue weighted by Gasteiger charge is 2.49. The lowest BCUT2D eigenvalue weighted by molar-refractivity contribution is 0.0233. The average Bonchev–Trinajstić information content (AvgIpc) is 2.93. The van der Waals surface area contributed by atoms with E-state index in [2.05, 4.69) is 44.5 Å². The van der Waals surface area contributed by atoms with E-state index in [-0.39, 0.29) is 15.7 Å². The highest BCUT2D eigenvalue weighted by molar-refractivity contribution is 14.1. The normalized spacial score (nSPS) is 32.1. The zero-order valence-electron chi connectivity index (χ0n) is 11.7. The molecular weight excluding hydrogens is 359 g/mol. The van der Waals surface area contributed by atoms with E-state index in [9.17, 15) is 4.79 Å². The minimum absolute atomic E-state index is 0.210. The molecule has 2 aliphatic rings. The number of methoxy groups -OCH3 is 1. The van der Waals surface area contributed by atoms with Gasteiger partial charge in [-0.3, -0.25) is 4.90 Å². The van der Waals surface area contributed by atoms with Crippen molar-refractivity contribution in [2.45, 2.75) is 48.3 Å². The van der Waals surface area contributed by atoms with E-state index in [0.717, 1.165) is 19.6 Å². The molecule has 1 amide bonds. The summed E-state index contributed by atoms with van der Waals surface area (Å²) in [7, 11) is 1.40. The van der Waals surface area contributed by atoms with Crippen LogP contribution in [0.25, 0.3) is 0 Å². The van der Waals surface area contributed by atoms with Crippen molar-refractivity contribution >= 4 is 28.7 Å². The molecule has 110 valence electrons. The first-order valence-corrected chi connectivity index (χ1v) is 8.16. The summed E-state index contributed by atoms with van der Waals surface area (Å²) in [6.45, 7) is 4.67. The number of nitrogens with zero attached hydrogens (tertiary/aromatic N) is 1. The summed E-state index contributed by atoms with van der Waals surface area (Å²) < 4.78 is 10.7. The maximum absolute atomic E-state index is 11.2. The molecule has 0 aromatic carbocycles. The summed E-state index contributed by atoms with van der Waals surface area (Å²) >= 11 is 2.30. The summed E-state index contributed by atoms with van der Waals surface area (Å²) in [5.41, 5.74) is 0.210. The van der Waals surface area contributed by atoms with Gasteiger partial charge < -0.3 is 14.8 Å². The van der Waals surface area contributed by atoms with E-state index in [1.807, 2.05) is 0 Å². The molecule has 0 spiro atoms. The fourth-order valence-electron chi connectivity index (χ4n) is 3.37. The molecule has 2 fully saturated rings. The number of nitrogens with one attached hydrogen (secondary N) is 1. The maximum atomic E-state index is 11.2. The lowest BCUT2D eigenvalue weighted by Crippen LogP contribution is -2.49. The second kappa shape index (κ2) is 6.58. The minimum Gasteiger partial charge on any atom is -0.453 e. The van der Waals surface area contributed by atoms with Crippen molar-refractivity contribution in [1.29, 1.82) is 0 Å². The van der Waals surface area contributed by atoms with Gasteiger partial charge >= 0.3 is 6.09 Å². The predicted molar refractivity (Wildman–Crippen MR) is 81.5 cm³/mol. The topological polar surface area (TPSA) is 50.8 Å². The van der Waals surface area contributed by atoms with E-state index in [1.165, 1.54) is 26.4 Å². The van der Waals surface area contributed by atoms with Crippen LogP contribution < -0.4 is 5.32 Å². The van der Waals surface area contributed by atoms with Gasteiger partial charge in [0.25, 0.3) is 0 Å². The number of alkyl halides is 1. The van der Waals surface area contributed by atoms with Gasteiger partial charge in [0, 0.05) is 18.1 Å². The Hall–Kier alpha value is -0.0800. The van der Waals surface area contributed by atoms with Gasteiger partial charge in [0.15, 0.2) is 0 Å². The largest absolute Gasteiger partial charge is 0.453 e. The predicted octanol–water partition coefficient (Wildman–Crippen LogP) is 2.14. The van der Waals surface area contributed by atoms with Crippen LogP contribution in [0.4, 0.5) is 4.79 Å². The maximum Gasteiger partial charge on any atom is 0.406 e. The Morgan fingerprint density at radius 2 is 2.37 bits per heavy atom. The number of fused-ring (bicyclic) bond motifs is 1. The van der Waals surface area contributed by atoms with Gasteiger partial charge in [-0.2, -0.15) is 0 Å². The standard InChI is InChI=1S/C13H23IN2O3/c1-10(14)19-9-13-5-3-7-16(13)11(4-6-13)8-15-12(17)18-2/h10-11H,3-9H2,1-2H3,(H,15,17)/t10-,11-,13-/m1/s1. The Kier molecular flexibility index (Phi) is 5.30. The first-order chi connectivity index (χ1) is 9.07. The van der Waals surface area contributed by atoms with Crippen molar-refractivity contribution in [3.05, 3.63) is 0 Å². The molecular formula is C13H23IN2O3. The summed E-state index contributed by atoms with van der Waals surface area (Å²) in [4.78, 5) is 13.7. The molecule has 2 heterocycles. The second-order valence-corrected chi connectivity index (χ2v) is 7.19. The van der Waals surface area contributed by atoms with Crippen molar-refractivity contribution in [3.8, 4) is 0 Å². The number of rotatable bonds is 5. The first-order valence-electron chi connectivity index (χ1n) is 6.92. The molecule has 2 rings (SSSR count). The quantitative estimate of drug-likeness (QED) is 0.585. The Morgan fingerprint density at radius 1 is 1.58 bits per heavy atom. The van der Waals surface area contributed by atoms with Crippen molar-refractivity contribution in [1.82, 2.24) is 10.2 Å². The van der Waals surface area contributed by atoms with Crippen molar-refractivity contribution in [2.24, 2.45) is 0 Å². The van der Waals surface area contributed by atoms with Crippen LogP contribution in [0, 0.1) is 0 Å². The number of hydrogen-bond donors (Lipinski definition) is 1. The molecule has 2 aliphatic heterocycles. The zero-order valence-corrected chi connectivity index (χ0v) is 13.8. The summed E-state index contributed by atoms with van der Waals surface area (Å²) in [5, 5.41) is 2.82. The van der Waals surface area contributed by atoms with Gasteiger partial charge in [0.2, 0.25) is 0 Å². The third kappa shape index (κ3) is 3.52. The van der Waals surface area contributed by atoms with Crippen LogP contribution in [0.2, 0.25) is 0 Å². The Balaban J connectivity index is 1.90. The number of alkyl carbamates (subject to hydrolysis) is 1. The average molecular weight is 382 g/mol. The molecule has 0 radical (unpaired) electrons. The van der Waals surface area contributed by atoms with Crippen LogP contribution in [0.15, 0.2) is 0 Å². The molecule has 2 saturated heterocycles. The Morgan fingerprint density at radius 3 is 3.05 bits per heavy atom. The van der Waals surface area contributed by atoms with Crippen LogP contribution in [-0.2, 0) is 9.47 Å². The van der Waals surface area contributed by atoms with Crippen molar-refractivity contribution in [2.75, 3.05) is 26.8 Å². The van der Waals surface area contributed by atoms with Gasteiger partial charge in [0.1, 0.15) is 4.11 Å². The third-order valence-electron chi connectivity index (χ3n) is 4.28. The minimum atomic E-state index is -0.339. The molecule has 5 nitrogen and oxygen atoms in total. The van der Waals surface area contributed by atoms with Crippen LogP contribution in [0.1, 0.15) is 32.6 Å². The van der Waals surface area contributed by atoms with Crippen LogP contribution in [0.5, 0.6) is 0 Å². The number of hydrogen-bond acceptors (Lipinski definition) is 4. The monoisotopic (exact) mass is 382 g/mol. The van der Waals surface area contributed by atoms with Gasteiger partial charge in [0.05, 0.1) is 13.7 Å². The van der Waals surface area contributed by atoms with E-state index >= 15 is 0 Å². The fourth-order valence-corrected chi connectivity index (χ4v) is 3.55. The highest BCUT2D eigenvalue weighted by Crippen LogP contribution is 2.42. The Labute approximate surface area is 128 Å². The zero-order chi connectivity index (χ0) is 13.9. The van der Waals surface area contributed by atoms with E-state index in [1.54, 1.807) is 0 Å². The van der Waals surface area contributed by atoms with Gasteiger partial charge in [-0.25, -0.2) is 4.79 Å². The fraction of sp³-hybridized carbons (Fsp3) is 0.923. The number of amides is 1. The lowest BCUT2D eigenvalue weighted by Gasteiger charge is -2.35. The number of carbonyl (C=O) groups is 1.